The molecule has 0 spiro atoms. The lowest BCUT2D eigenvalue weighted by atomic mass is 10.1. The van der Waals surface area contributed by atoms with Gasteiger partial charge in [-0.25, -0.2) is 13.2 Å². The van der Waals surface area contributed by atoms with Crippen molar-refractivity contribution in [2.45, 2.75) is 43.5 Å². The first kappa shape index (κ1) is 16.5. The van der Waals surface area contributed by atoms with Crippen LogP contribution in [0.15, 0.2) is 27.6 Å². The zero-order valence-electron chi connectivity index (χ0n) is 11.8. The summed E-state index contributed by atoms with van der Waals surface area (Å²) in [5.74, 6) is -1.14. The van der Waals surface area contributed by atoms with Gasteiger partial charge < -0.3 is 5.11 Å². The van der Waals surface area contributed by atoms with Crippen LogP contribution in [0.1, 0.15) is 43.0 Å². The molecule has 2 rings (SSSR count). The monoisotopic (exact) mass is 375 g/mol. The van der Waals surface area contributed by atoms with Crippen LogP contribution >= 0.6 is 15.9 Å². The summed E-state index contributed by atoms with van der Waals surface area (Å²) in [5, 5.41) is 9.05. The van der Waals surface area contributed by atoms with Crippen LogP contribution in [0.2, 0.25) is 0 Å². The minimum absolute atomic E-state index is 0.0242. The number of sulfonamides is 1. The summed E-state index contributed by atoms with van der Waals surface area (Å²) in [6, 6.07) is 4.01. The molecule has 0 aromatic heterocycles. The van der Waals surface area contributed by atoms with Crippen molar-refractivity contribution in [2.75, 3.05) is 6.54 Å². The molecule has 1 heterocycles. The zero-order valence-corrected chi connectivity index (χ0v) is 14.2. The Bertz CT molecular complexity index is 644. The van der Waals surface area contributed by atoms with Crippen LogP contribution in [0, 0.1) is 0 Å². The lowest BCUT2D eigenvalue weighted by Crippen LogP contribution is -2.38. The number of hydrogen-bond acceptors (Lipinski definition) is 3. The third-order valence-corrected chi connectivity index (χ3v) is 6.76. The molecule has 1 aromatic carbocycles. The van der Waals surface area contributed by atoms with E-state index in [9.17, 15) is 13.2 Å². The largest absolute Gasteiger partial charge is 0.478 e. The summed E-state index contributed by atoms with van der Waals surface area (Å²) in [6.07, 6.45) is 3.70. The van der Waals surface area contributed by atoms with E-state index in [4.69, 9.17) is 5.11 Å². The second-order valence-electron chi connectivity index (χ2n) is 5.26. The Balaban J connectivity index is 2.47. The minimum Gasteiger partial charge on any atom is -0.478 e. The van der Waals surface area contributed by atoms with Crippen molar-refractivity contribution in [1.29, 1.82) is 0 Å². The number of hydrogen-bond donors (Lipinski definition) is 1. The van der Waals surface area contributed by atoms with Crippen molar-refractivity contribution in [1.82, 2.24) is 4.31 Å². The van der Waals surface area contributed by atoms with Gasteiger partial charge in [0, 0.05) is 17.1 Å². The standard InChI is InChI=1S/C14H18BrNO4S/c1-10-5-3-2-4-8-16(10)21(19,20)13-9-11(14(17)18)6-7-12(13)15/h6-7,9-10H,2-5,8H2,1H3,(H,17,18). The Morgan fingerprint density at radius 1 is 1.33 bits per heavy atom. The Morgan fingerprint density at radius 3 is 2.71 bits per heavy atom. The van der Waals surface area contributed by atoms with E-state index < -0.39 is 16.0 Å². The Morgan fingerprint density at radius 2 is 2.05 bits per heavy atom. The van der Waals surface area contributed by atoms with E-state index in [1.54, 1.807) is 0 Å². The van der Waals surface area contributed by atoms with E-state index in [0.29, 0.717) is 11.0 Å². The Labute approximate surface area is 133 Å². The second-order valence-corrected chi connectivity index (χ2v) is 7.98. The third kappa shape index (κ3) is 3.46. The summed E-state index contributed by atoms with van der Waals surface area (Å²) in [5.41, 5.74) is -0.0285. The number of halogens is 1. The number of carbonyl (C=O) groups is 1. The molecule has 1 N–H and O–H groups in total. The molecule has 21 heavy (non-hydrogen) atoms. The number of benzene rings is 1. The average molecular weight is 376 g/mol. The quantitative estimate of drug-likeness (QED) is 0.880. The minimum atomic E-state index is -3.70. The first-order valence-corrected chi connectivity index (χ1v) is 9.12. The number of carboxylic acid groups (broad SMARTS) is 1. The molecule has 116 valence electrons. The van der Waals surface area contributed by atoms with Gasteiger partial charge >= 0.3 is 5.97 Å². The van der Waals surface area contributed by atoms with Gasteiger partial charge in [-0.05, 0) is 53.9 Å². The van der Waals surface area contributed by atoms with E-state index in [1.165, 1.54) is 22.5 Å². The smallest absolute Gasteiger partial charge is 0.335 e. The number of aromatic carboxylic acids is 1. The van der Waals surface area contributed by atoms with Gasteiger partial charge in [0.25, 0.3) is 0 Å². The SMILES string of the molecule is CC1CCCCCN1S(=O)(=O)c1cc(C(=O)O)ccc1Br. The topological polar surface area (TPSA) is 74.7 Å². The van der Waals surface area contributed by atoms with Crippen LogP contribution in [0.5, 0.6) is 0 Å². The normalized spacial score (nSPS) is 21.0. The van der Waals surface area contributed by atoms with Gasteiger partial charge in [0.15, 0.2) is 0 Å². The van der Waals surface area contributed by atoms with Crippen LogP contribution in [-0.4, -0.2) is 36.4 Å². The van der Waals surface area contributed by atoms with Gasteiger partial charge in [-0.1, -0.05) is 12.8 Å². The predicted octanol–water partition coefficient (Wildman–Crippen LogP) is 3.10. The first-order valence-electron chi connectivity index (χ1n) is 6.88. The molecule has 0 aliphatic carbocycles. The average Bonchev–Trinajstić information content (AvgIpc) is 2.63. The lowest BCUT2D eigenvalue weighted by molar-refractivity contribution is 0.0696. The van der Waals surface area contributed by atoms with Crippen LogP contribution < -0.4 is 0 Å². The number of carboxylic acids is 1. The molecule has 1 unspecified atom stereocenters. The summed E-state index contributed by atoms with van der Waals surface area (Å²) < 4.78 is 27.6. The van der Waals surface area contributed by atoms with Crippen LogP contribution in [0.4, 0.5) is 0 Å². The zero-order chi connectivity index (χ0) is 15.6. The highest BCUT2D eigenvalue weighted by Gasteiger charge is 2.31. The van der Waals surface area contributed by atoms with E-state index in [0.717, 1.165) is 25.7 Å². The van der Waals surface area contributed by atoms with E-state index in [1.807, 2.05) is 6.92 Å². The maximum absolute atomic E-state index is 12.8. The number of nitrogens with zero attached hydrogens (tertiary/aromatic N) is 1. The lowest BCUT2D eigenvalue weighted by Gasteiger charge is -2.26. The molecular formula is C14H18BrNO4S. The summed E-state index contributed by atoms with van der Waals surface area (Å²) >= 11 is 3.22. The molecule has 1 aromatic rings. The van der Waals surface area contributed by atoms with Gasteiger partial charge in [0.1, 0.15) is 0 Å². The van der Waals surface area contributed by atoms with Crippen molar-refractivity contribution < 1.29 is 18.3 Å². The molecule has 1 saturated heterocycles. The maximum atomic E-state index is 12.8. The number of rotatable bonds is 3. The fourth-order valence-electron chi connectivity index (χ4n) is 2.57. The fourth-order valence-corrected chi connectivity index (χ4v) is 5.22. The molecule has 5 nitrogen and oxygen atoms in total. The van der Waals surface area contributed by atoms with Gasteiger partial charge in [-0.3, -0.25) is 0 Å². The second kappa shape index (κ2) is 6.46. The highest BCUT2D eigenvalue weighted by molar-refractivity contribution is 9.10. The maximum Gasteiger partial charge on any atom is 0.335 e. The van der Waals surface area contributed by atoms with Crippen molar-refractivity contribution in [3.05, 3.63) is 28.2 Å². The van der Waals surface area contributed by atoms with Crippen molar-refractivity contribution in [3.63, 3.8) is 0 Å². The molecular weight excluding hydrogens is 358 g/mol. The Kier molecular flexibility index (Phi) is 5.06. The predicted molar refractivity (Wildman–Crippen MR) is 82.9 cm³/mol. The van der Waals surface area contributed by atoms with E-state index >= 15 is 0 Å². The van der Waals surface area contributed by atoms with Crippen molar-refractivity contribution in [2.24, 2.45) is 0 Å². The van der Waals surface area contributed by atoms with Crippen molar-refractivity contribution in [3.8, 4) is 0 Å². The van der Waals surface area contributed by atoms with Gasteiger partial charge in [0.2, 0.25) is 10.0 Å². The van der Waals surface area contributed by atoms with Crippen LogP contribution in [-0.2, 0) is 10.0 Å². The Hall–Kier alpha value is -0.920. The van der Waals surface area contributed by atoms with Crippen LogP contribution in [0.25, 0.3) is 0 Å². The van der Waals surface area contributed by atoms with Gasteiger partial charge in [-0.15, -0.1) is 0 Å². The van der Waals surface area contributed by atoms with E-state index in [-0.39, 0.29) is 16.5 Å². The molecule has 0 saturated carbocycles. The molecule has 7 heteroatoms. The first-order chi connectivity index (χ1) is 9.84. The summed E-state index contributed by atoms with van der Waals surface area (Å²) in [4.78, 5) is 11.1. The third-order valence-electron chi connectivity index (χ3n) is 3.76. The molecule has 1 aliphatic rings. The van der Waals surface area contributed by atoms with E-state index in [2.05, 4.69) is 15.9 Å². The van der Waals surface area contributed by atoms with Crippen LogP contribution in [0.3, 0.4) is 0 Å². The fraction of sp³-hybridized carbons (Fsp3) is 0.500. The van der Waals surface area contributed by atoms with Crippen molar-refractivity contribution >= 4 is 31.9 Å². The molecule has 1 fully saturated rings. The summed E-state index contributed by atoms with van der Waals surface area (Å²) in [6.45, 7) is 2.38. The molecule has 1 atom stereocenters. The highest BCUT2D eigenvalue weighted by atomic mass is 79.9. The highest BCUT2D eigenvalue weighted by Crippen LogP contribution is 2.30. The molecule has 1 aliphatic heterocycles. The molecule has 0 radical (unpaired) electrons. The summed E-state index contributed by atoms with van der Waals surface area (Å²) in [7, 11) is -3.70. The van der Waals surface area contributed by atoms with Gasteiger partial charge in [-0.2, -0.15) is 4.31 Å². The molecule has 0 amide bonds. The van der Waals surface area contributed by atoms with Gasteiger partial charge in [0.05, 0.1) is 10.5 Å². The molecule has 0 bridgehead atoms.